The van der Waals surface area contributed by atoms with Gasteiger partial charge in [-0.2, -0.15) is 0 Å². The lowest BCUT2D eigenvalue weighted by molar-refractivity contribution is 0.277. The van der Waals surface area contributed by atoms with Gasteiger partial charge >= 0.3 is 0 Å². The molecular formula is C28H27NO. The molecule has 0 aliphatic heterocycles. The van der Waals surface area contributed by atoms with Crippen molar-refractivity contribution in [1.82, 2.24) is 4.57 Å². The molecule has 0 radical (unpaired) electrons. The third-order valence-electron chi connectivity index (χ3n) is 6.27. The van der Waals surface area contributed by atoms with Gasteiger partial charge in [0.05, 0.1) is 6.61 Å². The Balaban J connectivity index is 1.70. The van der Waals surface area contributed by atoms with Crippen LogP contribution in [0.15, 0.2) is 90.5 Å². The Kier molecular flexibility index (Phi) is 5.25. The van der Waals surface area contributed by atoms with Crippen LogP contribution in [0, 0.1) is 0 Å². The van der Waals surface area contributed by atoms with Crippen LogP contribution < -0.4 is 0 Å². The third-order valence-corrected chi connectivity index (χ3v) is 6.27. The lowest BCUT2D eigenvalue weighted by Crippen LogP contribution is -2.14. The Bertz CT molecular complexity index is 1190. The SMILES string of the molecule is OCCn1c2c(c3ccccc31)CCC(Cc1ccccc1)=C2Cc1ccccc1. The summed E-state index contributed by atoms with van der Waals surface area (Å²) in [6.07, 6.45) is 4.08. The molecule has 1 aliphatic rings. The first-order chi connectivity index (χ1) is 14.8. The van der Waals surface area contributed by atoms with Crippen molar-refractivity contribution in [3.05, 3.63) is 113 Å². The van der Waals surface area contributed by atoms with Crippen molar-refractivity contribution in [2.24, 2.45) is 0 Å². The number of nitrogens with zero attached hydrogens (tertiary/aromatic N) is 1. The second-order valence-electron chi connectivity index (χ2n) is 8.13. The highest BCUT2D eigenvalue weighted by molar-refractivity contribution is 5.92. The number of aliphatic hydroxyl groups is 1. The van der Waals surface area contributed by atoms with E-state index in [9.17, 15) is 5.11 Å². The minimum atomic E-state index is 0.151. The zero-order valence-electron chi connectivity index (χ0n) is 17.2. The third kappa shape index (κ3) is 3.48. The van der Waals surface area contributed by atoms with Crippen LogP contribution in [0.3, 0.4) is 0 Å². The van der Waals surface area contributed by atoms with Gasteiger partial charge in [-0.3, -0.25) is 0 Å². The number of hydrogen-bond donors (Lipinski definition) is 1. The van der Waals surface area contributed by atoms with Crippen molar-refractivity contribution in [2.75, 3.05) is 6.61 Å². The molecule has 1 heterocycles. The number of hydrogen-bond acceptors (Lipinski definition) is 1. The molecule has 150 valence electrons. The van der Waals surface area contributed by atoms with Gasteiger partial charge < -0.3 is 9.67 Å². The number of allylic oxidation sites excluding steroid dienone is 2. The molecule has 2 nitrogen and oxygen atoms in total. The fraction of sp³-hybridized carbons (Fsp3) is 0.214. The first-order valence-electron chi connectivity index (χ1n) is 10.8. The zero-order chi connectivity index (χ0) is 20.3. The maximum atomic E-state index is 9.84. The largest absolute Gasteiger partial charge is 0.395 e. The van der Waals surface area contributed by atoms with Crippen molar-refractivity contribution >= 4 is 16.5 Å². The molecule has 0 saturated carbocycles. The van der Waals surface area contributed by atoms with Gasteiger partial charge in [0, 0.05) is 23.1 Å². The normalized spacial score (nSPS) is 13.6. The molecule has 0 unspecified atom stereocenters. The first kappa shape index (κ1) is 18.9. The van der Waals surface area contributed by atoms with Crippen molar-refractivity contribution in [1.29, 1.82) is 0 Å². The van der Waals surface area contributed by atoms with Crippen molar-refractivity contribution in [2.45, 2.75) is 32.2 Å². The minimum absolute atomic E-state index is 0.151. The van der Waals surface area contributed by atoms with Gasteiger partial charge in [0.15, 0.2) is 0 Å². The van der Waals surface area contributed by atoms with Gasteiger partial charge in [-0.05, 0) is 54.0 Å². The summed E-state index contributed by atoms with van der Waals surface area (Å²) in [4.78, 5) is 0. The Morgan fingerprint density at radius 1 is 0.700 bits per heavy atom. The molecule has 2 heteroatoms. The molecule has 1 aliphatic carbocycles. The van der Waals surface area contributed by atoms with Crippen LogP contribution in [0.25, 0.3) is 16.5 Å². The average Bonchev–Trinajstić information content (AvgIpc) is 3.11. The molecule has 1 N–H and O–H groups in total. The summed E-state index contributed by atoms with van der Waals surface area (Å²) in [5, 5.41) is 11.2. The smallest absolute Gasteiger partial charge is 0.0610 e. The number of aliphatic hydroxyl groups excluding tert-OH is 1. The molecule has 5 rings (SSSR count). The van der Waals surface area contributed by atoms with E-state index in [2.05, 4.69) is 89.5 Å². The lowest BCUT2D eigenvalue weighted by atomic mass is 9.83. The number of aromatic nitrogens is 1. The minimum Gasteiger partial charge on any atom is -0.395 e. The first-order valence-corrected chi connectivity index (χ1v) is 10.8. The molecule has 4 aromatic rings. The van der Waals surface area contributed by atoms with Crippen LogP contribution in [0.2, 0.25) is 0 Å². The highest BCUT2D eigenvalue weighted by Gasteiger charge is 2.26. The molecule has 0 bridgehead atoms. The number of rotatable bonds is 6. The molecule has 0 fully saturated rings. The van der Waals surface area contributed by atoms with E-state index < -0.39 is 0 Å². The second kappa shape index (κ2) is 8.33. The summed E-state index contributed by atoms with van der Waals surface area (Å²) in [5.41, 5.74) is 9.70. The highest BCUT2D eigenvalue weighted by Crippen LogP contribution is 2.40. The molecular weight excluding hydrogens is 366 g/mol. The molecule has 0 saturated heterocycles. The van der Waals surface area contributed by atoms with Gasteiger partial charge in [-0.15, -0.1) is 0 Å². The summed E-state index contributed by atoms with van der Waals surface area (Å²) < 4.78 is 2.35. The molecule has 0 spiro atoms. The molecule has 0 amide bonds. The summed E-state index contributed by atoms with van der Waals surface area (Å²) in [6, 6.07) is 30.2. The molecule has 0 atom stereocenters. The number of aryl methyl sites for hydroxylation is 1. The average molecular weight is 394 g/mol. The van der Waals surface area contributed by atoms with E-state index in [4.69, 9.17) is 0 Å². The second-order valence-corrected chi connectivity index (χ2v) is 8.13. The van der Waals surface area contributed by atoms with Gasteiger partial charge in [0.2, 0.25) is 0 Å². The Hall–Kier alpha value is -3.10. The fourth-order valence-electron chi connectivity index (χ4n) is 4.95. The van der Waals surface area contributed by atoms with Gasteiger partial charge in [0.1, 0.15) is 0 Å². The summed E-state index contributed by atoms with van der Waals surface area (Å²) in [7, 11) is 0. The van der Waals surface area contributed by atoms with Crippen LogP contribution in [0.4, 0.5) is 0 Å². The highest BCUT2D eigenvalue weighted by atomic mass is 16.3. The molecule has 1 aromatic heterocycles. The topological polar surface area (TPSA) is 25.2 Å². The monoisotopic (exact) mass is 393 g/mol. The zero-order valence-corrected chi connectivity index (χ0v) is 17.2. The van der Waals surface area contributed by atoms with Gasteiger partial charge in [-0.1, -0.05) is 84.4 Å². The van der Waals surface area contributed by atoms with E-state index in [0.717, 1.165) is 25.7 Å². The maximum absolute atomic E-state index is 9.84. The van der Waals surface area contributed by atoms with Gasteiger partial charge in [0.25, 0.3) is 0 Å². The summed E-state index contributed by atoms with van der Waals surface area (Å²) in [6.45, 7) is 0.782. The van der Waals surface area contributed by atoms with Crippen LogP contribution >= 0.6 is 0 Å². The quantitative estimate of drug-likeness (QED) is 0.439. The Labute approximate surface area is 178 Å². The molecule has 30 heavy (non-hydrogen) atoms. The summed E-state index contributed by atoms with van der Waals surface area (Å²) in [5.74, 6) is 0. The lowest BCUT2D eigenvalue weighted by Gasteiger charge is -2.24. The van der Waals surface area contributed by atoms with Crippen LogP contribution in [0.1, 0.15) is 28.8 Å². The van der Waals surface area contributed by atoms with E-state index in [1.54, 1.807) is 0 Å². The van der Waals surface area contributed by atoms with Crippen LogP contribution in [0.5, 0.6) is 0 Å². The van der Waals surface area contributed by atoms with Gasteiger partial charge in [-0.25, -0.2) is 0 Å². The molecule has 3 aromatic carbocycles. The van der Waals surface area contributed by atoms with E-state index in [0.29, 0.717) is 6.54 Å². The van der Waals surface area contributed by atoms with E-state index in [-0.39, 0.29) is 6.61 Å². The standard InChI is InChI=1S/C28H27NO/c30-18-17-29-27-14-8-7-13-24(27)25-16-15-23(19-21-9-3-1-4-10-21)26(28(25)29)20-22-11-5-2-6-12-22/h1-14,30H,15-20H2. The van der Waals surface area contributed by atoms with Crippen molar-refractivity contribution < 1.29 is 5.11 Å². The Morgan fingerprint density at radius 3 is 2.03 bits per heavy atom. The van der Waals surface area contributed by atoms with Crippen molar-refractivity contribution in [3.8, 4) is 0 Å². The van der Waals surface area contributed by atoms with Crippen molar-refractivity contribution in [3.63, 3.8) is 0 Å². The fourth-order valence-corrected chi connectivity index (χ4v) is 4.95. The predicted molar refractivity (Wildman–Crippen MR) is 125 cm³/mol. The van der Waals surface area contributed by atoms with Crippen LogP contribution in [-0.2, 0) is 25.8 Å². The van der Waals surface area contributed by atoms with E-state index >= 15 is 0 Å². The predicted octanol–water partition coefficient (Wildman–Crippen LogP) is 5.82. The van der Waals surface area contributed by atoms with E-state index in [1.807, 2.05) is 0 Å². The van der Waals surface area contributed by atoms with E-state index in [1.165, 1.54) is 44.4 Å². The number of benzene rings is 3. The number of para-hydroxylation sites is 1. The summed E-state index contributed by atoms with van der Waals surface area (Å²) >= 11 is 0. The Morgan fingerprint density at radius 2 is 1.33 bits per heavy atom. The maximum Gasteiger partial charge on any atom is 0.0610 e. The van der Waals surface area contributed by atoms with Crippen LogP contribution in [-0.4, -0.2) is 16.3 Å². The number of fused-ring (bicyclic) bond motifs is 3.